The van der Waals surface area contributed by atoms with Gasteiger partial charge in [0.25, 0.3) is 0 Å². The second kappa shape index (κ2) is 6.37. The van der Waals surface area contributed by atoms with Gasteiger partial charge in [-0.05, 0) is 13.3 Å². The van der Waals surface area contributed by atoms with E-state index in [4.69, 9.17) is 18.0 Å². The number of anilines is 1. The summed E-state index contributed by atoms with van der Waals surface area (Å²) in [7, 11) is 0. The van der Waals surface area contributed by atoms with Crippen molar-refractivity contribution in [3.8, 4) is 0 Å². The third-order valence-corrected chi connectivity index (χ3v) is 2.50. The van der Waals surface area contributed by atoms with Gasteiger partial charge in [0, 0.05) is 6.04 Å². The van der Waals surface area contributed by atoms with E-state index in [1.54, 1.807) is 12.4 Å². The Morgan fingerprint density at radius 2 is 2.25 bits per heavy atom. The maximum Gasteiger partial charge on any atom is 0.144 e. The minimum atomic E-state index is 0.276. The summed E-state index contributed by atoms with van der Waals surface area (Å²) in [5.41, 5.74) is 6.00. The van der Waals surface area contributed by atoms with Crippen LogP contribution in [0.25, 0.3) is 0 Å². The molecular weight excluding hydrogens is 220 g/mol. The van der Waals surface area contributed by atoms with E-state index in [9.17, 15) is 0 Å². The van der Waals surface area contributed by atoms with Crippen LogP contribution in [0.3, 0.4) is 0 Å². The summed E-state index contributed by atoms with van der Waals surface area (Å²) >= 11 is 4.81. The van der Waals surface area contributed by atoms with E-state index in [-0.39, 0.29) is 4.99 Å². The van der Waals surface area contributed by atoms with Crippen LogP contribution in [0.5, 0.6) is 0 Å². The van der Waals surface area contributed by atoms with Crippen LogP contribution in [0, 0.1) is 0 Å². The second-order valence-electron chi connectivity index (χ2n) is 3.84. The first-order valence-corrected chi connectivity index (χ1v) is 5.92. The van der Waals surface area contributed by atoms with E-state index < -0.39 is 0 Å². The van der Waals surface area contributed by atoms with Crippen LogP contribution < -0.4 is 11.1 Å². The monoisotopic (exact) mass is 238 g/mol. The third kappa shape index (κ3) is 4.10. The Labute approximate surface area is 102 Å². The lowest BCUT2D eigenvalue weighted by atomic mass is 10.1. The van der Waals surface area contributed by atoms with Gasteiger partial charge in [0.05, 0.1) is 12.4 Å². The lowest BCUT2D eigenvalue weighted by Crippen LogP contribution is -2.17. The Kier molecular flexibility index (Phi) is 5.11. The molecule has 0 bridgehead atoms. The maximum absolute atomic E-state index is 5.44. The molecule has 1 atom stereocenters. The van der Waals surface area contributed by atoms with Gasteiger partial charge in [0.15, 0.2) is 0 Å². The minimum Gasteiger partial charge on any atom is -0.388 e. The molecule has 88 valence electrons. The number of nitrogens with one attached hydrogen (secondary N) is 1. The summed E-state index contributed by atoms with van der Waals surface area (Å²) in [4.78, 5) is 8.60. The van der Waals surface area contributed by atoms with Gasteiger partial charge in [0.1, 0.15) is 16.5 Å². The van der Waals surface area contributed by atoms with Crippen molar-refractivity contribution in [2.75, 3.05) is 5.32 Å². The Morgan fingerprint density at radius 1 is 1.50 bits per heavy atom. The molecule has 1 rings (SSSR count). The van der Waals surface area contributed by atoms with Gasteiger partial charge in [-0.15, -0.1) is 0 Å². The lowest BCUT2D eigenvalue weighted by Gasteiger charge is -2.13. The fourth-order valence-electron chi connectivity index (χ4n) is 1.36. The number of rotatable bonds is 6. The summed E-state index contributed by atoms with van der Waals surface area (Å²) in [5.74, 6) is 0.767. The molecule has 0 saturated carbocycles. The zero-order valence-corrected chi connectivity index (χ0v) is 10.5. The highest BCUT2D eigenvalue weighted by molar-refractivity contribution is 7.80. The summed E-state index contributed by atoms with van der Waals surface area (Å²) < 4.78 is 0. The fraction of sp³-hybridized carbons (Fsp3) is 0.545. The van der Waals surface area contributed by atoms with E-state index in [1.165, 1.54) is 12.8 Å². The molecular formula is C11H18N4S. The van der Waals surface area contributed by atoms with Gasteiger partial charge in [-0.1, -0.05) is 32.0 Å². The number of hydrogen-bond donors (Lipinski definition) is 2. The topological polar surface area (TPSA) is 63.8 Å². The largest absolute Gasteiger partial charge is 0.388 e. The molecule has 0 spiro atoms. The predicted octanol–water partition coefficient (Wildman–Crippen LogP) is 2.10. The number of aromatic nitrogens is 2. The molecule has 3 N–H and O–H groups in total. The van der Waals surface area contributed by atoms with Crippen molar-refractivity contribution in [3.63, 3.8) is 0 Å². The fourth-order valence-corrected chi connectivity index (χ4v) is 1.47. The van der Waals surface area contributed by atoms with E-state index in [2.05, 4.69) is 29.1 Å². The SMILES string of the molecule is CCCCC(C)Nc1cnc(C(N)=S)cn1. The predicted molar refractivity (Wildman–Crippen MR) is 70.5 cm³/mol. The number of unbranched alkanes of at least 4 members (excludes halogenated alkanes) is 1. The number of hydrogen-bond acceptors (Lipinski definition) is 4. The van der Waals surface area contributed by atoms with Crippen molar-refractivity contribution >= 4 is 23.0 Å². The summed E-state index contributed by atoms with van der Waals surface area (Å²) in [6, 6.07) is 0.407. The van der Waals surface area contributed by atoms with Gasteiger partial charge in [-0.3, -0.25) is 0 Å². The Morgan fingerprint density at radius 3 is 2.75 bits per heavy atom. The van der Waals surface area contributed by atoms with Gasteiger partial charge in [-0.2, -0.15) is 0 Å². The molecule has 4 nitrogen and oxygen atoms in total. The molecule has 0 fully saturated rings. The standard InChI is InChI=1S/C11H18N4S/c1-3-4-5-8(2)15-10-7-13-9(6-14-10)11(12)16/h6-8H,3-5H2,1-2H3,(H2,12,16)(H,14,15). The van der Waals surface area contributed by atoms with Crippen molar-refractivity contribution in [1.82, 2.24) is 9.97 Å². The second-order valence-corrected chi connectivity index (χ2v) is 4.28. The molecule has 16 heavy (non-hydrogen) atoms. The van der Waals surface area contributed by atoms with Crippen LogP contribution in [-0.4, -0.2) is 21.0 Å². The molecule has 0 aromatic carbocycles. The van der Waals surface area contributed by atoms with Crippen LogP contribution >= 0.6 is 12.2 Å². The highest BCUT2D eigenvalue weighted by Crippen LogP contribution is 2.07. The van der Waals surface area contributed by atoms with E-state index in [0.29, 0.717) is 11.7 Å². The number of nitrogens with two attached hydrogens (primary N) is 1. The van der Waals surface area contributed by atoms with Crippen molar-refractivity contribution in [1.29, 1.82) is 0 Å². The van der Waals surface area contributed by atoms with Crippen molar-refractivity contribution in [3.05, 3.63) is 18.1 Å². The van der Waals surface area contributed by atoms with Crippen LogP contribution in [-0.2, 0) is 0 Å². The molecule has 0 amide bonds. The molecule has 1 aromatic heterocycles. The van der Waals surface area contributed by atoms with Gasteiger partial charge >= 0.3 is 0 Å². The molecule has 1 unspecified atom stereocenters. The normalized spacial score (nSPS) is 12.1. The average molecular weight is 238 g/mol. The first-order valence-electron chi connectivity index (χ1n) is 5.52. The molecule has 0 radical (unpaired) electrons. The zero-order chi connectivity index (χ0) is 12.0. The Balaban J connectivity index is 2.51. The molecule has 0 aliphatic rings. The number of nitrogens with zero attached hydrogens (tertiary/aromatic N) is 2. The maximum atomic E-state index is 5.44. The van der Waals surface area contributed by atoms with Crippen molar-refractivity contribution < 1.29 is 0 Å². The van der Waals surface area contributed by atoms with Crippen LogP contribution in [0.4, 0.5) is 5.82 Å². The molecule has 0 saturated heterocycles. The first kappa shape index (κ1) is 12.8. The smallest absolute Gasteiger partial charge is 0.144 e. The van der Waals surface area contributed by atoms with E-state index in [1.807, 2.05) is 0 Å². The lowest BCUT2D eigenvalue weighted by molar-refractivity contribution is 0.643. The van der Waals surface area contributed by atoms with Crippen molar-refractivity contribution in [2.24, 2.45) is 5.73 Å². The highest BCUT2D eigenvalue weighted by atomic mass is 32.1. The molecule has 1 heterocycles. The van der Waals surface area contributed by atoms with Crippen LogP contribution in [0.1, 0.15) is 38.8 Å². The average Bonchev–Trinajstić information content (AvgIpc) is 2.27. The highest BCUT2D eigenvalue weighted by Gasteiger charge is 2.03. The summed E-state index contributed by atoms with van der Waals surface area (Å²) in [6.45, 7) is 4.32. The summed E-state index contributed by atoms with van der Waals surface area (Å²) in [5, 5.41) is 3.29. The summed E-state index contributed by atoms with van der Waals surface area (Å²) in [6.07, 6.45) is 6.81. The molecule has 0 aliphatic heterocycles. The molecule has 5 heteroatoms. The number of thiocarbonyl (C=S) groups is 1. The van der Waals surface area contributed by atoms with Gasteiger partial charge in [-0.25, -0.2) is 9.97 Å². The molecule has 1 aromatic rings. The zero-order valence-electron chi connectivity index (χ0n) is 9.73. The van der Waals surface area contributed by atoms with Crippen LogP contribution in [0.2, 0.25) is 0 Å². The van der Waals surface area contributed by atoms with Gasteiger partial charge < -0.3 is 11.1 Å². The minimum absolute atomic E-state index is 0.276. The third-order valence-electron chi connectivity index (χ3n) is 2.29. The van der Waals surface area contributed by atoms with Crippen LogP contribution in [0.15, 0.2) is 12.4 Å². The van der Waals surface area contributed by atoms with Crippen molar-refractivity contribution in [2.45, 2.75) is 39.2 Å². The Bertz CT molecular complexity index is 336. The van der Waals surface area contributed by atoms with Gasteiger partial charge in [0.2, 0.25) is 0 Å². The Hall–Kier alpha value is -1.23. The van der Waals surface area contributed by atoms with E-state index >= 15 is 0 Å². The first-order chi connectivity index (χ1) is 7.63. The molecule has 0 aliphatic carbocycles. The van der Waals surface area contributed by atoms with E-state index in [0.717, 1.165) is 12.2 Å². The quantitative estimate of drug-likeness (QED) is 0.743.